The second-order valence-electron chi connectivity index (χ2n) is 6.11. The van der Waals surface area contributed by atoms with Crippen LogP contribution in [0.15, 0.2) is 23.1 Å². The number of hydrogen-bond acceptors (Lipinski definition) is 4. The van der Waals surface area contributed by atoms with Crippen molar-refractivity contribution in [1.29, 1.82) is 0 Å². The van der Waals surface area contributed by atoms with Crippen LogP contribution in [0.25, 0.3) is 0 Å². The van der Waals surface area contributed by atoms with Crippen LogP contribution in [0.4, 0.5) is 0 Å². The van der Waals surface area contributed by atoms with Crippen molar-refractivity contribution in [3.63, 3.8) is 0 Å². The molecule has 0 spiro atoms. The fourth-order valence-electron chi connectivity index (χ4n) is 3.53. The van der Waals surface area contributed by atoms with E-state index in [9.17, 15) is 8.42 Å². The maximum Gasteiger partial charge on any atom is 0.241 e. The van der Waals surface area contributed by atoms with E-state index < -0.39 is 10.0 Å². The Kier molecular flexibility index (Phi) is 4.05. The Hall–Kier alpha value is -0.950. The summed E-state index contributed by atoms with van der Waals surface area (Å²) >= 11 is 0. The lowest BCUT2D eigenvalue weighted by Gasteiger charge is -2.44. The van der Waals surface area contributed by atoms with E-state index in [0.717, 1.165) is 43.6 Å². The van der Waals surface area contributed by atoms with Gasteiger partial charge in [0.05, 0.1) is 4.90 Å². The molecule has 2 bridgehead atoms. The van der Waals surface area contributed by atoms with Gasteiger partial charge in [0.15, 0.2) is 0 Å². The van der Waals surface area contributed by atoms with Gasteiger partial charge in [-0.15, -0.1) is 0 Å². The van der Waals surface area contributed by atoms with Gasteiger partial charge in [-0.05, 0) is 56.0 Å². The summed E-state index contributed by atoms with van der Waals surface area (Å²) in [4.78, 5) is 2.71. The van der Waals surface area contributed by atoms with Crippen molar-refractivity contribution in [2.24, 2.45) is 11.7 Å². The fourth-order valence-corrected chi connectivity index (χ4v) is 5.12. The summed E-state index contributed by atoms with van der Waals surface area (Å²) in [5, 5.41) is 0. The third kappa shape index (κ3) is 2.85. The predicted octanol–water partition coefficient (Wildman–Crippen LogP) is 0.826. The molecule has 6 heteroatoms. The van der Waals surface area contributed by atoms with E-state index in [0.29, 0.717) is 17.4 Å². The highest BCUT2D eigenvalue weighted by atomic mass is 32.2. The van der Waals surface area contributed by atoms with Crippen LogP contribution in [-0.4, -0.2) is 39.0 Å². The molecule has 21 heavy (non-hydrogen) atoms. The molecule has 0 aliphatic carbocycles. The van der Waals surface area contributed by atoms with E-state index in [4.69, 9.17) is 5.73 Å². The molecule has 1 aromatic rings. The normalized spacial score (nSPS) is 28.8. The molecule has 3 fully saturated rings. The smallest absolute Gasteiger partial charge is 0.241 e. The largest absolute Gasteiger partial charge is 0.326 e. The Labute approximate surface area is 126 Å². The van der Waals surface area contributed by atoms with E-state index in [1.165, 1.54) is 0 Å². The molecule has 3 heterocycles. The molecule has 3 aliphatic rings. The number of nitrogens with two attached hydrogens (primary N) is 1. The molecular weight excluding hydrogens is 286 g/mol. The number of nitrogens with one attached hydrogen (secondary N) is 1. The minimum atomic E-state index is -3.48. The SMILES string of the molecule is Cc1c(CN)cccc1S(=O)(=O)NC1CN2CCC1CC2. The summed E-state index contributed by atoms with van der Waals surface area (Å²) in [5.74, 6) is 0.475. The summed E-state index contributed by atoms with van der Waals surface area (Å²) in [6.07, 6.45) is 2.18. The standard InChI is InChI=1S/C15H23N3O2S/c1-11-13(9-16)3-2-4-15(11)21(19,20)17-14-10-18-7-5-12(14)6-8-18/h2-4,12,14,17H,5-10,16H2,1H3. The van der Waals surface area contributed by atoms with Gasteiger partial charge in [0.25, 0.3) is 0 Å². The maximum atomic E-state index is 12.7. The third-order valence-corrected chi connectivity index (χ3v) is 6.50. The molecule has 0 saturated carbocycles. The summed E-state index contributed by atoms with van der Waals surface area (Å²) in [5.41, 5.74) is 7.31. The Morgan fingerprint density at radius 1 is 1.33 bits per heavy atom. The van der Waals surface area contributed by atoms with E-state index in [1.807, 2.05) is 13.0 Å². The molecule has 0 amide bonds. The predicted molar refractivity (Wildman–Crippen MR) is 82.3 cm³/mol. The van der Waals surface area contributed by atoms with Crippen LogP contribution in [0, 0.1) is 12.8 Å². The first kappa shape index (κ1) is 15.0. The van der Waals surface area contributed by atoms with Crippen molar-refractivity contribution in [2.75, 3.05) is 19.6 Å². The number of benzene rings is 1. The first-order valence-electron chi connectivity index (χ1n) is 7.54. The summed E-state index contributed by atoms with van der Waals surface area (Å²) in [6, 6.07) is 5.35. The molecule has 0 aromatic heterocycles. The van der Waals surface area contributed by atoms with Crippen LogP contribution in [0.2, 0.25) is 0 Å². The summed E-state index contributed by atoms with van der Waals surface area (Å²) < 4.78 is 28.3. The lowest BCUT2D eigenvalue weighted by molar-refractivity contribution is 0.0827. The van der Waals surface area contributed by atoms with Crippen molar-refractivity contribution >= 4 is 10.0 Å². The highest BCUT2D eigenvalue weighted by molar-refractivity contribution is 7.89. The molecule has 4 rings (SSSR count). The number of sulfonamides is 1. The zero-order valence-corrected chi connectivity index (χ0v) is 13.2. The number of hydrogen-bond donors (Lipinski definition) is 2. The summed E-state index contributed by atoms with van der Waals surface area (Å²) in [6.45, 7) is 5.22. The van der Waals surface area contributed by atoms with E-state index in [-0.39, 0.29) is 6.04 Å². The van der Waals surface area contributed by atoms with Crippen LogP contribution in [0.3, 0.4) is 0 Å². The molecular formula is C15H23N3O2S. The fraction of sp³-hybridized carbons (Fsp3) is 0.600. The van der Waals surface area contributed by atoms with Gasteiger partial charge in [0.1, 0.15) is 0 Å². The Morgan fingerprint density at radius 3 is 2.62 bits per heavy atom. The maximum absolute atomic E-state index is 12.7. The van der Waals surface area contributed by atoms with Crippen LogP contribution in [0.5, 0.6) is 0 Å². The Balaban J connectivity index is 1.84. The third-order valence-electron chi connectivity index (χ3n) is 4.87. The lowest BCUT2D eigenvalue weighted by Crippen LogP contribution is -2.57. The van der Waals surface area contributed by atoms with E-state index >= 15 is 0 Å². The molecule has 3 aliphatic heterocycles. The topological polar surface area (TPSA) is 75.4 Å². The molecule has 116 valence electrons. The molecule has 1 aromatic carbocycles. The van der Waals surface area contributed by atoms with Crippen LogP contribution in [-0.2, 0) is 16.6 Å². The second-order valence-corrected chi connectivity index (χ2v) is 7.79. The number of fused-ring (bicyclic) bond motifs is 3. The van der Waals surface area contributed by atoms with Crippen molar-refractivity contribution in [2.45, 2.75) is 37.2 Å². The van der Waals surface area contributed by atoms with Gasteiger partial charge in [-0.1, -0.05) is 12.1 Å². The van der Waals surface area contributed by atoms with Gasteiger partial charge in [-0.3, -0.25) is 0 Å². The minimum absolute atomic E-state index is 0.0402. The molecule has 1 atom stereocenters. The highest BCUT2D eigenvalue weighted by Gasteiger charge is 2.36. The van der Waals surface area contributed by atoms with Crippen molar-refractivity contribution < 1.29 is 8.42 Å². The van der Waals surface area contributed by atoms with Crippen molar-refractivity contribution in [3.8, 4) is 0 Å². The van der Waals surface area contributed by atoms with E-state index in [2.05, 4.69) is 9.62 Å². The van der Waals surface area contributed by atoms with Crippen molar-refractivity contribution in [3.05, 3.63) is 29.3 Å². The van der Waals surface area contributed by atoms with Crippen LogP contribution < -0.4 is 10.5 Å². The number of piperidine rings is 3. The first-order chi connectivity index (χ1) is 10.0. The highest BCUT2D eigenvalue weighted by Crippen LogP contribution is 2.29. The number of rotatable bonds is 4. The van der Waals surface area contributed by atoms with Gasteiger partial charge in [0.2, 0.25) is 10.0 Å². The molecule has 3 saturated heterocycles. The summed E-state index contributed by atoms with van der Waals surface area (Å²) in [7, 11) is -3.48. The molecule has 5 nitrogen and oxygen atoms in total. The lowest BCUT2D eigenvalue weighted by atomic mass is 9.85. The average Bonchev–Trinajstić information content (AvgIpc) is 2.48. The second kappa shape index (κ2) is 5.68. The van der Waals surface area contributed by atoms with Crippen LogP contribution in [0.1, 0.15) is 24.0 Å². The average molecular weight is 309 g/mol. The first-order valence-corrected chi connectivity index (χ1v) is 9.03. The van der Waals surface area contributed by atoms with Gasteiger partial charge < -0.3 is 10.6 Å². The quantitative estimate of drug-likeness (QED) is 0.864. The van der Waals surface area contributed by atoms with Gasteiger partial charge in [0, 0.05) is 19.1 Å². The molecule has 3 N–H and O–H groups in total. The van der Waals surface area contributed by atoms with E-state index in [1.54, 1.807) is 12.1 Å². The van der Waals surface area contributed by atoms with Gasteiger partial charge >= 0.3 is 0 Å². The van der Waals surface area contributed by atoms with Gasteiger partial charge in [-0.2, -0.15) is 0 Å². The monoisotopic (exact) mass is 309 g/mol. The Bertz CT molecular complexity index is 622. The van der Waals surface area contributed by atoms with Gasteiger partial charge in [-0.25, -0.2) is 13.1 Å². The zero-order valence-electron chi connectivity index (χ0n) is 12.4. The van der Waals surface area contributed by atoms with Crippen LogP contribution >= 0.6 is 0 Å². The van der Waals surface area contributed by atoms with Crippen molar-refractivity contribution in [1.82, 2.24) is 9.62 Å². The number of nitrogens with zero attached hydrogens (tertiary/aromatic N) is 1. The molecule has 1 unspecified atom stereocenters. The Morgan fingerprint density at radius 2 is 2.05 bits per heavy atom. The zero-order chi connectivity index (χ0) is 15.0. The minimum Gasteiger partial charge on any atom is -0.326 e. The molecule has 0 radical (unpaired) electrons.